The van der Waals surface area contributed by atoms with E-state index in [2.05, 4.69) is 9.98 Å². The van der Waals surface area contributed by atoms with E-state index in [1.807, 2.05) is 0 Å². The van der Waals surface area contributed by atoms with E-state index in [1.165, 1.54) is 30.5 Å². The number of fused-ring (bicyclic) bond motifs is 2. The van der Waals surface area contributed by atoms with Gasteiger partial charge in [-0.2, -0.15) is 26.3 Å². The summed E-state index contributed by atoms with van der Waals surface area (Å²) < 4.78 is 83.2. The summed E-state index contributed by atoms with van der Waals surface area (Å²) in [4.78, 5) is 9.14. The third kappa shape index (κ3) is 4.37. The van der Waals surface area contributed by atoms with Crippen molar-refractivity contribution in [3.8, 4) is 0 Å². The molecule has 0 atom stereocenters. The van der Waals surface area contributed by atoms with Crippen molar-refractivity contribution in [3.05, 3.63) is 119 Å². The lowest BCUT2D eigenvalue weighted by atomic mass is 9.87. The number of rotatable bonds is 2. The normalized spacial score (nSPS) is 15.8. The van der Waals surface area contributed by atoms with Gasteiger partial charge in [-0.15, -0.1) is 0 Å². The number of nitrogens with zero attached hydrogens (tertiary/aromatic N) is 2. The first-order chi connectivity index (χ1) is 16.6. The van der Waals surface area contributed by atoms with Gasteiger partial charge in [0, 0.05) is 16.7 Å². The number of benzene rings is 3. The van der Waals surface area contributed by atoms with Crippen molar-refractivity contribution in [1.29, 1.82) is 0 Å². The van der Waals surface area contributed by atoms with Gasteiger partial charge in [0.2, 0.25) is 0 Å². The molecule has 35 heavy (non-hydrogen) atoms. The molecule has 1 aliphatic carbocycles. The van der Waals surface area contributed by atoms with Crippen molar-refractivity contribution in [2.75, 3.05) is 0 Å². The van der Waals surface area contributed by atoms with Gasteiger partial charge >= 0.3 is 12.4 Å². The number of aliphatic imine (C=N–C) groups is 2. The van der Waals surface area contributed by atoms with Gasteiger partial charge in [0.1, 0.15) is 5.71 Å². The molecule has 0 spiro atoms. The Kier molecular flexibility index (Phi) is 5.35. The van der Waals surface area contributed by atoms with Crippen LogP contribution in [0.5, 0.6) is 0 Å². The predicted octanol–water partition coefficient (Wildman–Crippen LogP) is 7.97. The molecule has 5 rings (SSSR count). The summed E-state index contributed by atoms with van der Waals surface area (Å²) in [5, 5.41) is 0. The third-order valence-electron chi connectivity index (χ3n) is 5.44. The molecule has 0 saturated carbocycles. The molecule has 0 N–H and O–H groups in total. The number of halogens is 6. The van der Waals surface area contributed by atoms with E-state index in [0.29, 0.717) is 45.2 Å². The van der Waals surface area contributed by atoms with E-state index in [9.17, 15) is 26.3 Å². The molecular formula is C26H14F6N2O. The van der Waals surface area contributed by atoms with Crippen LogP contribution in [0.3, 0.4) is 0 Å². The summed E-state index contributed by atoms with van der Waals surface area (Å²) in [5.74, 6) is 0.356. The summed E-state index contributed by atoms with van der Waals surface area (Å²) >= 11 is 0. The van der Waals surface area contributed by atoms with Gasteiger partial charge in [0.15, 0.2) is 5.76 Å². The number of alkyl halides is 6. The molecule has 0 radical (unpaired) electrons. The first kappa shape index (κ1) is 22.6. The molecule has 4 aromatic rings. The SMILES string of the molecule is FC(F)(F)c1ccc(N=C2c3ccccc3C(=Nc3ccc(C(F)(F)F)cc3)c3occc32)cc1. The van der Waals surface area contributed by atoms with Crippen LogP contribution in [0.2, 0.25) is 0 Å². The van der Waals surface area contributed by atoms with Gasteiger partial charge in [0.05, 0.1) is 34.5 Å². The molecule has 9 heteroatoms. The maximum atomic E-state index is 12.9. The van der Waals surface area contributed by atoms with Crippen LogP contribution in [0, 0.1) is 0 Å². The fourth-order valence-electron chi connectivity index (χ4n) is 3.78. The quantitative estimate of drug-likeness (QED) is 0.234. The molecular weight excluding hydrogens is 470 g/mol. The highest BCUT2D eigenvalue weighted by atomic mass is 19.4. The van der Waals surface area contributed by atoms with Crippen LogP contribution in [0.15, 0.2) is 99.5 Å². The molecule has 176 valence electrons. The standard InChI is InChI=1S/C26H14F6N2O/c27-25(28,29)15-5-9-17(10-6-15)33-22-19-3-1-2-4-20(19)23(24-21(22)13-14-35-24)34-18-11-7-16(8-12-18)26(30,31)32/h1-14H. The lowest BCUT2D eigenvalue weighted by Crippen LogP contribution is -2.20. The van der Waals surface area contributed by atoms with Crippen LogP contribution in [-0.2, 0) is 12.4 Å². The van der Waals surface area contributed by atoms with Crippen LogP contribution in [0.25, 0.3) is 0 Å². The Morgan fingerprint density at radius 1 is 0.514 bits per heavy atom. The smallest absolute Gasteiger partial charge is 0.416 e. The summed E-state index contributed by atoms with van der Waals surface area (Å²) in [7, 11) is 0. The highest BCUT2D eigenvalue weighted by Gasteiger charge is 2.32. The van der Waals surface area contributed by atoms with Gasteiger partial charge < -0.3 is 4.42 Å². The maximum Gasteiger partial charge on any atom is 0.416 e. The van der Waals surface area contributed by atoms with Crippen LogP contribution >= 0.6 is 0 Å². The Balaban J connectivity index is 1.60. The second-order valence-electron chi connectivity index (χ2n) is 7.72. The number of hydrogen-bond donors (Lipinski definition) is 0. The zero-order chi connectivity index (χ0) is 24.8. The largest absolute Gasteiger partial charge is 0.462 e. The second-order valence-corrected chi connectivity index (χ2v) is 7.72. The van der Waals surface area contributed by atoms with Gasteiger partial charge in [-0.3, -0.25) is 0 Å². The summed E-state index contributed by atoms with van der Waals surface area (Å²) in [6, 6.07) is 17.7. The summed E-state index contributed by atoms with van der Waals surface area (Å²) in [6.45, 7) is 0. The highest BCUT2D eigenvalue weighted by molar-refractivity contribution is 6.31. The lowest BCUT2D eigenvalue weighted by molar-refractivity contribution is -0.138. The fraction of sp³-hybridized carbons (Fsp3) is 0.0769. The molecule has 1 aromatic heterocycles. The average molecular weight is 484 g/mol. The third-order valence-corrected chi connectivity index (χ3v) is 5.44. The first-order valence-corrected chi connectivity index (χ1v) is 10.3. The Hall–Kier alpha value is -4.14. The van der Waals surface area contributed by atoms with Crippen molar-refractivity contribution in [3.63, 3.8) is 0 Å². The van der Waals surface area contributed by atoms with Crippen LogP contribution in [-0.4, -0.2) is 11.4 Å². The van der Waals surface area contributed by atoms with E-state index in [1.54, 1.807) is 30.3 Å². The van der Waals surface area contributed by atoms with Crippen molar-refractivity contribution in [2.24, 2.45) is 9.98 Å². The Bertz CT molecular complexity index is 1330. The van der Waals surface area contributed by atoms with Gasteiger partial charge in [-0.25, -0.2) is 9.98 Å². The Labute approximate surface area is 195 Å². The topological polar surface area (TPSA) is 37.9 Å². The molecule has 0 bridgehead atoms. The average Bonchev–Trinajstić information content (AvgIpc) is 3.30. The van der Waals surface area contributed by atoms with Crippen molar-refractivity contribution < 1.29 is 30.8 Å². The number of hydrogen-bond acceptors (Lipinski definition) is 3. The maximum absolute atomic E-state index is 12.9. The van der Waals surface area contributed by atoms with E-state index in [4.69, 9.17) is 4.42 Å². The molecule has 3 nitrogen and oxygen atoms in total. The van der Waals surface area contributed by atoms with E-state index in [0.717, 1.165) is 24.3 Å². The minimum absolute atomic E-state index is 0.299. The highest BCUT2D eigenvalue weighted by Crippen LogP contribution is 2.35. The van der Waals surface area contributed by atoms with Crippen LogP contribution < -0.4 is 0 Å². The molecule has 0 amide bonds. The molecule has 0 fully saturated rings. The van der Waals surface area contributed by atoms with Crippen molar-refractivity contribution >= 4 is 22.8 Å². The number of furan rings is 1. The summed E-state index contributed by atoms with van der Waals surface area (Å²) in [5.41, 5.74) is 1.80. The molecule has 3 aromatic carbocycles. The second kappa shape index (κ2) is 8.26. The van der Waals surface area contributed by atoms with Gasteiger partial charge in [-0.05, 0) is 54.6 Å². The zero-order valence-electron chi connectivity index (χ0n) is 17.7. The van der Waals surface area contributed by atoms with E-state index in [-0.39, 0.29) is 0 Å². The van der Waals surface area contributed by atoms with Crippen LogP contribution in [0.4, 0.5) is 37.7 Å². The minimum atomic E-state index is -4.46. The molecule has 0 saturated heterocycles. The lowest BCUT2D eigenvalue weighted by Gasteiger charge is -2.19. The van der Waals surface area contributed by atoms with E-state index >= 15 is 0 Å². The van der Waals surface area contributed by atoms with Gasteiger partial charge in [-0.1, -0.05) is 24.3 Å². The minimum Gasteiger partial charge on any atom is -0.462 e. The Morgan fingerprint density at radius 3 is 1.46 bits per heavy atom. The van der Waals surface area contributed by atoms with Crippen molar-refractivity contribution in [2.45, 2.75) is 12.4 Å². The first-order valence-electron chi connectivity index (χ1n) is 10.3. The van der Waals surface area contributed by atoms with Crippen molar-refractivity contribution in [1.82, 2.24) is 0 Å². The molecule has 1 heterocycles. The predicted molar refractivity (Wildman–Crippen MR) is 119 cm³/mol. The van der Waals surface area contributed by atoms with E-state index < -0.39 is 23.5 Å². The molecule has 1 aliphatic rings. The summed E-state index contributed by atoms with van der Waals surface area (Å²) in [6.07, 6.45) is -7.48. The monoisotopic (exact) mass is 484 g/mol. The Morgan fingerprint density at radius 2 is 0.971 bits per heavy atom. The zero-order valence-corrected chi connectivity index (χ0v) is 17.7. The molecule has 0 aliphatic heterocycles. The van der Waals surface area contributed by atoms with Crippen LogP contribution in [0.1, 0.15) is 33.6 Å². The fourth-order valence-corrected chi connectivity index (χ4v) is 3.78. The van der Waals surface area contributed by atoms with Gasteiger partial charge in [0.25, 0.3) is 0 Å². The molecule has 0 unspecified atom stereocenters.